The molecule has 140 valence electrons. The molecule has 1 atom stereocenters. The van der Waals surface area contributed by atoms with E-state index >= 15 is 0 Å². The Morgan fingerprint density at radius 3 is 2.62 bits per heavy atom. The number of benzene rings is 1. The van der Waals surface area contributed by atoms with E-state index in [4.69, 9.17) is 4.42 Å². The molecule has 0 saturated carbocycles. The van der Waals surface area contributed by atoms with Gasteiger partial charge in [-0.3, -0.25) is 9.69 Å². The predicted molar refractivity (Wildman–Crippen MR) is 103 cm³/mol. The Bertz CT molecular complexity index is 961. The van der Waals surface area contributed by atoms with Gasteiger partial charge in [0.15, 0.2) is 15.6 Å². The van der Waals surface area contributed by atoms with E-state index in [1.165, 1.54) is 0 Å². The standard InChI is InChI=1S/C18H21BrN2O4S/c1-12-15-10-13(19)2-3-16(15)25-17(12)18(22)21-7-5-20(6-8-21)14-4-9-26(23,24)11-14/h2-3,10,14H,4-9,11H2,1H3/t14-/m1/s1. The average molecular weight is 441 g/mol. The molecule has 0 radical (unpaired) electrons. The lowest BCUT2D eigenvalue weighted by Crippen LogP contribution is -2.52. The first kappa shape index (κ1) is 18.0. The van der Waals surface area contributed by atoms with Crippen molar-refractivity contribution in [2.24, 2.45) is 0 Å². The minimum absolute atomic E-state index is 0.0893. The maximum atomic E-state index is 12.9. The zero-order chi connectivity index (χ0) is 18.5. The van der Waals surface area contributed by atoms with Gasteiger partial charge in [-0.05, 0) is 31.5 Å². The second-order valence-corrected chi connectivity index (χ2v) is 10.2. The highest BCUT2D eigenvalue weighted by molar-refractivity contribution is 9.10. The minimum Gasteiger partial charge on any atom is -0.451 e. The largest absolute Gasteiger partial charge is 0.451 e. The Morgan fingerprint density at radius 2 is 1.96 bits per heavy atom. The van der Waals surface area contributed by atoms with Crippen LogP contribution in [0.4, 0.5) is 0 Å². The van der Waals surface area contributed by atoms with Gasteiger partial charge in [-0.1, -0.05) is 15.9 Å². The lowest BCUT2D eigenvalue weighted by atomic mass is 10.1. The van der Waals surface area contributed by atoms with Crippen molar-refractivity contribution in [3.63, 3.8) is 0 Å². The van der Waals surface area contributed by atoms with E-state index in [-0.39, 0.29) is 23.5 Å². The van der Waals surface area contributed by atoms with Crippen molar-refractivity contribution in [1.82, 2.24) is 9.80 Å². The molecule has 1 aromatic carbocycles. The third kappa shape index (κ3) is 3.30. The number of halogens is 1. The zero-order valence-corrected chi connectivity index (χ0v) is 17.0. The highest BCUT2D eigenvalue weighted by Crippen LogP contribution is 2.29. The van der Waals surface area contributed by atoms with E-state index in [1.54, 1.807) is 4.90 Å². The van der Waals surface area contributed by atoms with Gasteiger partial charge in [0.2, 0.25) is 0 Å². The van der Waals surface area contributed by atoms with E-state index in [9.17, 15) is 13.2 Å². The van der Waals surface area contributed by atoms with E-state index in [1.807, 2.05) is 25.1 Å². The Hall–Kier alpha value is -1.38. The number of sulfone groups is 1. The van der Waals surface area contributed by atoms with Gasteiger partial charge in [-0.2, -0.15) is 0 Å². The van der Waals surface area contributed by atoms with Gasteiger partial charge in [0, 0.05) is 47.6 Å². The van der Waals surface area contributed by atoms with Gasteiger partial charge in [0.05, 0.1) is 11.5 Å². The summed E-state index contributed by atoms with van der Waals surface area (Å²) in [5.41, 5.74) is 1.57. The lowest BCUT2D eigenvalue weighted by molar-refractivity contribution is 0.0560. The Balaban J connectivity index is 1.46. The van der Waals surface area contributed by atoms with Crippen molar-refractivity contribution in [2.75, 3.05) is 37.7 Å². The third-order valence-electron chi connectivity index (χ3n) is 5.42. The molecule has 2 aliphatic rings. The van der Waals surface area contributed by atoms with Crippen LogP contribution in [0.15, 0.2) is 27.1 Å². The normalized spacial score (nSPS) is 23.6. The van der Waals surface area contributed by atoms with Crippen LogP contribution >= 0.6 is 15.9 Å². The molecule has 26 heavy (non-hydrogen) atoms. The van der Waals surface area contributed by atoms with Crippen LogP contribution in [0.1, 0.15) is 22.5 Å². The maximum absolute atomic E-state index is 12.9. The monoisotopic (exact) mass is 440 g/mol. The summed E-state index contributed by atoms with van der Waals surface area (Å²) < 4.78 is 30.1. The Labute approximate surface area is 161 Å². The summed E-state index contributed by atoms with van der Waals surface area (Å²) in [6.45, 7) is 4.50. The molecular weight excluding hydrogens is 420 g/mol. The molecule has 0 spiro atoms. The van der Waals surface area contributed by atoms with Gasteiger partial charge in [-0.15, -0.1) is 0 Å². The average Bonchev–Trinajstić information content (AvgIpc) is 3.14. The smallest absolute Gasteiger partial charge is 0.289 e. The quantitative estimate of drug-likeness (QED) is 0.716. The number of rotatable bonds is 2. The van der Waals surface area contributed by atoms with Crippen LogP contribution in [0.3, 0.4) is 0 Å². The topological polar surface area (TPSA) is 70.8 Å². The molecule has 2 saturated heterocycles. The number of hydrogen-bond acceptors (Lipinski definition) is 5. The molecule has 4 rings (SSSR count). The van der Waals surface area contributed by atoms with Crippen LogP contribution in [0.5, 0.6) is 0 Å². The lowest BCUT2D eigenvalue weighted by Gasteiger charge is -2.37. The van der Waals surface area contributed by atoms with E-state index in [2.05, 4.69) is 20.8 Å². The van der Waals surface area contributed by atoms with Gasteiger partial charge in [-0.25, -0.2) is 8.42 Å². The van der Waals surface area contributed by atoms with Crippen LogP contribution in [0, 0.1) is 6.92 Å². The molecule has 2 fully saturated rings. The second kappa shape index (κ2) is 6.65. The number of nitrogens with zero attached hydrogens (tertiary/aromatic N) is 2. The predicted octanol–water partition coefficient (Wildman–Crippen LogP) is 2.45. The summed E-state index contributed by atoms with van der Waals surface area (Å²) in [5.74, 6) is 0.840. The molecule has 6 nitrogen and oxygen atoms in total. The number of piperazine rings is 1. The van der Waals surface area contributed by atoms with Crippen molar-refractivity contribution in [3.05, 3.63) is 34.0 Å². The van der Waals surface area contributed by atoms with E-state index < -0.39 is 9.84 Å². The Morgan fingerprint density at radius 1 is 1.23 bits per heavy atom. The summed E-state index contributed by atoms with van der Waals surface area (Å²) in [5, 5.41) is 0.942. The van der Waals surface area contributed by atoms with Gasteiger partial charge >= 0.3 is 0 Å². The van der Waals surface area contributed by atoms with Crippen LogP contribution < -0.4 is 0 Å². The number of carbonyl (C=O) groups excluding carboxylic acids is 1. The highest BCUT2D eigenvalue weighted by atomic mass is 79.9. The molecule has 1 aromatic heterocycles. The summed E-state index contributed by atoms with van der Waals surface area (Å²) >= 11 is 3.45. The number of furan rings is 1. The Kier molecular flexibility index (Phi) is 4.61. The van der Waals surface area contributed by atoms with Crippen LogP contribution in [-0.2, 0) is 9.84 Å². The summed E-state index contributed by atoms with van der Waals surface area (Å²) in [6, 6.07) is 5.82. The molecule has 3 heterocycles. The molecule has 0 unspecified atom stereocenters. The first-order valence-corrected chi connectivity index (χ1v) is 11.4. The fourth-order valence-corrected chi connectivity index (χ4v) is 6.02. The van der Waals surface area contributed by atoms with Crippen molar-refractivity contribution in [3.8, 4) is 0 Å². The number of amides is 1. The minimum atomic E-state index is -2.88. The molecule has 2 aromatic rings. The van der Waals surface area contributed by atoms with Crippen molar-refractivity contribution in [2.45, 2.75) is 19.4 Å². The third-order valence-corrected chi connectivity index (χ3v) is 7.66. The fourth-order valence-electron chi connectivity index (χ4n) is 3.89. The van der Waals surface area contributed by atoms with Gasteiger partial charge in [0.25, 0.3) is 5.91 Å². The van der Waals surface area contributed by atoms with Crippen molar-refractivity contribution >= 4 is 42.6 Å². The molecule has 0 aliphatic carbocycles. The summed E-state index contributed by atoms with van der Waals surface area (Å²) in [7, 11) is -2.88. The summed E-state index contributed by atoms with van der Waals surface area (Å²) in [4.78, 5) is 16.9. The zero-order valence-electron chi connectivity index (χ0n) is 14.6. The molecule has 0 N–H and O–H groups in total. The SMILES string of the molecule is Cc1c(C(=O)N2CCN([C@@H]3CCS(=O)(=O)C3)CC2)oc2ccc(Br)cc12. The first-order valence-electron chi connectivity index (χ1n) is 8.76. The van der Waals surface area contributed by atoms with Gasteiger partial charge in [0.1, 0.15) is 5.58 Å². The van der Waals surface area contributed by atoms with Crippen molar-refractivity contribution < 1.29 is 17.6 Å². The molecule has 8 heteroatoms. The van der Waals surface area contributed by atoms with Crippen LogP contribution in [-0.4, -0.2) is 67.9 Å². The van der Waals surface area contributed by atoms with E-state index in [0.29, 0.717) is 43.9 Å². The maximum Gasteiger partial charge on any atom is 0.289 e. The second-order valence-electron chi connectivity index (χ2n) is 7.08. The highest BCUT2D eigenvalue weighted by Gasteiger charge is 2.35. The van der Waals surface area contributed by atoms with E-state index in [0.717, 1.165) is 15.4 Å². The summed E-state index contributed by atoms with van der Waals surface area (Å²) in [6.07, 6.45) is 0.702. The molecule has 1 amide bonds. The first-order chi connectivity index (χ1) is 12.3. The molecule has 2 aliphatic heterocycles. The molecule has 0 bridgehead atoms. The van der Waals surface area contributed by atoms with Gasteiger partial charge < -0.3 is 9.32 Å². The van der Waals surface area contributed by atoms with Crippen LogP contribution in [0.25, 0.3) is 11.0 Å². The number of hydrogen-bond donors (Lipinski definition) is 0. The van der Waals surface area contributed by atoms with Crippen LogP contribution in [0.2, 0.25) is 0 Å². The number of carbonyl (C=O) groups is 1. The number of fused-ring (bicyclic) bond motifs is 1. The number of aryl methyl sites for hydroxylation is 1. The van der Waals surface area contributed by atoms with Crippen molar-refractivity contribution in [1.29, 1.82) is 0 Å². The molecular formula is C18H21BrN2O4S. The fraction of sp³-hybridized carbons (Fsp3) is 0.500.